The lowest BCUT2D eigenvalue weighted by atomic mass is 10.1. The van der Waals surface area contributed by atoms with Crippen molar-refractivity contribution in [1.82, 2.24) is 10.2 Å². The number of rotatable bonds is 4. The molecule has 0 heterocycles. The van der Waals surface area contributed by atoms with Gasteiger partial charge in [0, 0.05) is 38.2 Å². The van der Waals surface area contributed by atoms with Gasteiger partial charge in [0.1, 0.15) is 0 Å². The lowest BCUT2D eigenvalue weighted by molar-refractivity contribution is -0.120. The van der Waals surface area contributed by atoms with Crippen molar-refractivity contribution >= 4 is 11.8 Å². The molecule has 5 nitrogen and oxygen atoms in total. The van der Waals surface area contributed by atoms with Gasteiger partial charge in [-0.2, -0.15) is 0 Å². The number of nitrogens with zero attached hydrogens (tertiary/aromatic N) is 1. The Morgan fingerprint density at radius 3 is 2.50 bits per heavy atom. The number of hydrogen-bond donors (Lipinski definition) is 2. The van der Waals surface area contributed by atoms with Gasteiger partial charge in [0.25, 0.3) is 5.91 Å². The van der Waals surface area contributed by atoms with Gasteiger partial charge in [-0.15, -0.1) is 0 Å². The quantitative estimate of drug-likeness (QED) is 0.770. The van der Waals surface area contributed by atoms with Gasteiger partial charge in [-0.25, -0.2) is 0 Å². The molecule has 0 fully saturated rings. The first-order valence-electron chi connectivity index (χ1n) is 6.33. The van der Waals surface area contributed by atoms with Crippen LogP contribution in [0.1, 0.15) is 22.3 Å². The maximum atomic E-state index is 12.1. The Hall–Kier alpha value is -2.32. The highest BCUT2D eigenvalue weighted by molar-refractivity contribution is 5.94. The normalized spacial score (nSPS) is 9.35. The summed E-state index contributed by atoms with van der Waals surface area (Å²) in [6.45, 7) is 0.691. The zero-order chi connectivity index (χ0) is 15.0. The maximum absolute atomic E-state index is 12.1. The molecular weight excluding hydrogens is 254 g/mol. The number of carbonyl (C=O) groups is 2. The molecule has 2 amide bonds. The van der Waals surface area contributed by atoms with Crippen LogP contribution in [0.4, 0.5) is 0 Å². The Labute approximate surface area is 119 Å². The molecular formula is C15H19N3O2. The van der Waals surface area contributed by atoms with Gasteiger partial charge in [0.05, 0.1) is 6.54 Å². The average molecular weight is 273 g/mol. The molecule has 5 heteroatoms. The van der Waals surface area contributed by atoms with E-state index in [1.807, 2.05) is 0 Å². The molecule has 1 aromatic carbocycles. The van der Waals surface area contributed by atoms with Crippen molar-refractivity contribution in [3.05, 3.63) is 35.4 Å². The van der Waals surface area contributed by atoms with Gasteiger partial charge in [-0.05, 0) is 24.3 Å². The third kappa shape index (κ3) is 4.75. The summed E-state index contributed by atoms with van der Waals surface area (Å²) in [6.07, 6.45) is 0.290. The molecule has 106 valence electrons. The first-order chi connectivity index (χ1) is 9.58. The van der Waals surface area contributed by atoms with E-state index in [1.54, 1.807) is 38.4 Å². The molecule has 0 radical (unpaired) electrons. The Bertz CT molecular complexity index is 526. The van der Waals surface area contributed by atoms with Crippen LogP contribution >= 0.6 is 0 Å². The van der Waals surface area contributed by atoms with Gasteiger partial charge in [0.2, 0.25) is 5.91 Å². The number of benzene rings is 1. The molecule has 1 aromatic rings. The molecule has 0 spiro atoms. The lowest BCUT2D eigenvalue weighted by Gasteiger charge is -2.16. The highest BCUT2D eigenvalue weighted by Gasteiger charge is 2.12. The molecule has 0 atom stereocenters. The van der Waals surface area contributed by atoms with E-state index in [0.29, 0.717) is 25.1 Å². The van der Waals surface area contributed by atoms with E-state index in [1.165, 1.54) is 4.90 Å². The van der Waals surface area contributed by atoms with Gasteiger partial charge < -0.3 is 16.0 Å². The van der Waals surface area contributed by atoms with Crippen LogP contribution in [-0.2, 0) is 4.79 Å². The van der Waals surface area contributed by atoms with Crippen molar-refractivity contribution in [2.45, 2.75) is 6.42 Å². The molecule has 0 unspecified atom stereocenters. The van der Waals surface area contributed by atoms with Crippen LogP contribution in [0.15, 0.2) is 24.3 Å². The summed E-state index contributed by atoms with van der Waals surface area (Å²) >= 11 is 0. The van der Waals surface area contributed by atoms with E-state index in [0.717, 1.165) is 5.56 Å². The number of nitrogens with two attached hydrogens (primary N) is 1. The Kier molecular flexibility index (Phi) is 6.27. The number of nitrogens with one attached hydrogen (secondary N) is 1. The molecule has 3 N–H and O–H groups in total. The van der Waals surface area contributed by atoms with Crippen LogP contribution in [0.3, 0.4) is 0 Å². The SMILES string of the molecule is CNC(=O)CCN(C)C(=O)c1ccc(C#CCN)cc1. The Morgan fingerprint density at radius 1 is 1.30 bits per heavy atom. The fourth-order valence-corrected chi connectivity index (χ4v) is 1.57. The molecule has 0 aliphatic rings. The van der Waals surface area contributed by atoms with E-state index < -0.39 is 0 Å². The summed E-state index contributed by atoms with van der Waals surface area (Å²) in [7, 11) is 3.25. The minimum absolute atomic E-state index is 0.0861. The number of amides is 2. The van der Waals surface area contributed by atoms with E-state index in [2.05, 4.69) is 17.2 Å². The highest BCUT2D eigenvalue weighted by atomic mass is 16.2. The lowest BCUT2D eigenvalue weighted by Crippen LogP contribution is -2.31. The van der Waals surface area contributed by atoms with Crippen LogP contribution in [0.2, 0.25) is 0 Å². The first-order valence-corrected chi connectivity index (χ1v) is 6.33. The smallest absolute Gasteiger partial charge is 0.253 e. The minimum atomic E-state index is -0.118. The predicted octanol–water partition coefficient (Wildman–Crippen LogP) is 0.205. The van der Waals surface area contributed by atoms with Crippen LogP contribution in [-0.4, -0.2) is 43.9 Å². The molecule has 0 aliphatic heterocycles. The number of carbonyl (C=O) groups excluding carboxylic acids is 2. The summed E-state index contributed by atoms with van der Waals surface area (Å²) in [4.78, 5) is 24.8. The van der Waals surface area contributed by atoms with Gasteiger partial charge in [-0.1, -0.05) is 11.8 Å². The zero-order valence-electron chi connectivity index (χ0n) is 11.8. The molecule has 1 rings (SSSR count). The molecule has 0 saturated heterocycles. The summed E-state index contributed by atoms with van der Waals surface area (Å²) in [6, 6.07) is 7.00. The molecule has 0 aliphatic carbocycles. The highest BCUT2D eigenvalue weighted by Crippen LogP contribution is 2.06. The Balaban J connectivity index is 2.65. The van der Waals surface area contributed by atoms with Crippen molar-refractivity contribution in [2.24, 2.45) is 5.73 Å². The first kappa shape index (κ1) is 15.7. The molecule has 0 aromatic heterocycles. The van der Waals surface area contributed by atoms with Crippen LogP contribution in [0.5, 0.6) is 0 Å². The van der Waals surface area contributed by atoms with Gasteiger partial charge >= 0.3 is 0 Å². The van der Waals surface area contributed by atoms with Crippen molar-refractivity contribution < 1.29 is 9.59 Å². The molecule has 20 heavy (non-hydrogen) atoms. The topological polar surface area (TPSA) is 75.4 Å². The van der Waals surface area contributed by atoms with E-state index >= 15 is 0 Å². The monoisotopic (exact) mass is 273 g/mol. The van der Waals surface area contributed by atoms with E-state index in [4.69, 9.17) is 5.73 Å². The second kappa shape index (κ2) is 7.97. The summed E-state index contributed by atoms with van der Waals surface area (Å²) in [5, 5.41) is 2.52. The van der Waals surface area contributed by atoms with Crippen LogP contribution in [0.25, 0.3) is 0 Å². The third-order valence-electron chi connectivity index (χ3n) is 2.77. The minimum Gasteiger partial charge on any atom is -0.359 e. The zero-order valence-corrected chi connectivity index (χ0v) is 11.8. The second-order valence-corrected chi connectivity index (χ2v) is 4.23. The van der Waals surface area contributed by atoms with Crippen molar-refractivity contribution in [1.29, 1.82) is 0 Å². The predicted molar refractivity (Wildman–Crippen MR) is 78.0 cm³/mol. The largest absolute Gasteiger partial charge is 0.359 e. The van der Waals surface area contributed by atoms with Crippen LogP contribution < -0.4 is 11.1 Å². The second-order valence-electron chi connectivity index (χ2n) is 4.23. The van der Waals surface area contributed by atoms with E-state index in [9.17, 15) is 9.59 Å². The van der Waals surface area contributed by atoms with E-state index in [-0.39, 0.29) is 11.8 Å². The maximum Gasteiger partial charge on any atom is 0.253 e. The summed E-state index contributed by atoms with van der Waals surface area (Å²) in [5.74, 6) is 5.44. The van der Waals surface area contributed by atoms with Gasteiger partial charge in [0.15, 0.2) is 0 Å². The van der Waals surface area contributed by atoms with Crippen LogP contribution in [0, 0.1) is 11.8 Å². The van der Waals surface area contributed by atoms with Crippen molar-refractivity contribution in [3.8, 4) is 11.8 Å². The Morgan fingerprint density at radius 2 is 1.95 bits per heavy atom. The fourth-order valence-electron chi connectivity index (χ4n) is 1.57. The summed E-state index contributed by atoms with van der Waals surface area (Å²) in [5.41, 5.74) is 6.69. The number of hydrogen-bond acceptors (Lipinski definition) is 3. The summed E-state index contributed by atoms with van der Waals surface area (Å²) < 4.78 is 0. The molecule has 0 saturated carbocycles. The van der Waals surface area contributed by atoms with Crippen molar-refractivity contribution in [3.63, 3.8) is 0 Å². The fraction of sp³-hybridized carbons (Fsp3) is 0.333. The van der Waals surface area contributed by atoms with Gasteiger partial charge in [-0.3, -0.25) is 9.59 Å². The standard InChI is InChI=1S/C15H19N3O2/c1-17-14(19)9-11-18(2)15(20)13-7-5-12(6-8-13)4-3-10-16/h5-8H,9-11,16H2,1-2H3,(H,17,19). The average Bonchev–Trinajstić information content (AvgIpc) is 2.49. The molecule has 0 bridgehead atoms. The van der Waals surface area contributed by atoms with Crippen molar-refractivity contribution in [2.75, 3.05) is 27.2 Å². The third-order valence-corrected chi connectivity index (χ3v) is 2.77.